The fourth-order valence-electron chi connectivity index (χ4n) is 2.53. The van der Waals surface area contributed by atoms with Crippen LogP contribution in [-0.4, -0.2) is 23.2 Å². The summed E-state index contributed by atoms with van der Waals surface area (Å²) in [5.74, 6) is -0.215. The minimum Gasteiger partial charge on any atom is -0.339 e. The summed E-state index contributed by atoms with van der Waals surface area (Å²) >= 11 is 0. The molecule has 0 amide bonds. The van der Waals surface area contributed by atoms with Crippen molar-refractivity contribution >= 4 is 12.4 Å². The minimum atomic E-state index is -0.508. The van der Waals surface area contributed by atoms with Crippen molar-refractivity contribution in [2.75, 3.05) is 7.05 Å². The predicted octanol–water partition coefficient (Wildman–Crippen LogP) is 3.19. The molecule has 120 valence electrons. The summed E-state index contributed by atoms with van der Waals surface area (Å²) in [7, 11) is 1.86. The van der Waals surface area contributed by atoms with Gasteiger partial charge in [-0.3, -0.25) is 0 Å². The molecule has 22 heavy (non-hydrogen) atoms. The van der Waals surface area contributed by atoms with Crippen LogP contribution in [0.5, 0.6) is 0 Å². The summed E-state index contributed by atoms with van der Waals surface area (Å²) < 4.78 is 32.7. The van der Waals surface area contributed by atoms with Gasteiger partial charge in [0.05, 0.1) is 0 Å². The van der Waals surface area contributed by atoms with Crippen molar-refractivity contribution in [3.05, 3.63) is 47.1 Å². The van der Waals surface area contributed by atoms with Crippen LogP contribution in [0.1, 0.15) is 42.5 Å². The molecule has 7 heteroatoms. The van der Waals surface area contributed by atoms with E-state index in [0.717, 1.165) is 0 Å². The molecule has 1 heterocycles. The van der Waals surface area contributed by atoms with Gasteiger partial charge in [0, 0.05) is 29.9 Å². The Morgan fingerprint density at radius 2 is 2.00 bits per heavy atom. The Morgan fingerprint density at radius 1 is 1.32 bits per heavy atom. The third kappa shape index (κ3) is 3.28. The Kier molecular flexibility index (Phi) is 5.13. The zero-order valence-corrected chi connectivity index (χ0v) is 13.2. The molecule has 0 bridgehead atoms. The molecule has 1 aliphatic carbocycles. The number of rotatable bonds is 5. The molecule has 4 nitrogen and oxygen atoms in total. The first-order valence-electron chi connectivity index (χ1n) is 7.03. The lowest BCUT2D eigenvalue weighted by molar-refractivity contribution is 0.370. The smallest absolute Gasteiger partial charge is 0.230 e. The van der Waals surface area contributed by atoms with Gasteiger partial charge >= 0.3 is 0 Å². The van der Waals surface area contributed by atoms with E-state index in [1.54, 1.807) is 0 Å². The number of aromatic nitrogens is 2. The van der Waals surface area contributed by atoms with Gasteiger partial charge in [-0.2, -0.15) is 4.98 Å². The lowest BCUT2D eigenvalue weighted by atomic mass is 10.1. The molecule has 1 saturated carbocycles. The lowest BCUT2D eigenvalue weighted by Gasteiger charge is -2.04. The van der Waals surface area contributed by atoms with Crippen LogP contribution >= 0.6 is 12.4 Å². The number of nitrogens with zero attached hydrogens (tertiary/aromatic N) is 2. The molecule has 1 N–H and O–H groups in total. The van der Waals surface area contributed by atoms with Crippen LogP contribution in [0.2, 0.25) is 0 Å². The SMILES string of the molecule is CNC(C)Cc1noc(C2CC2c2c(F)cccc2F)n1.Cl. The molecule has 0 saturated heterocycles. The summed E-state index contributed by atoms with van der Waals surface area (Å²) in [6, 6.07) is 4.17. The highest BCUT2D eigenvalue weighted by Gasteiger charge is 2.46. The second kappa shape index (κ2) is 6.71. The Hall–Kier alpha value is -1.53. The van der Waals surface area contributed by atoms with Crippen molar-refractivity contribution in [1.82, 2.24) is 15.5 Å². The van der Waals surface area contributed by atoms with E-state index in [2.05, 4.69) is 15.5 Å². The fraction of sp³-hybridized carbons (Fsp3) is 0.467. The van der Waals surface area contributed by atoms with E-state index in [0.29, 0.717) is 24.6 Å². The highest BCUT2D eigenvalue weighted by atomic mass is 35.5. The van der Waals surface area contributed by atoms with Crippen LogP contribution in [0.4, 0.5) is 8.78 Å². The molecule has 0 spiro atoms. The summed E-state index contributed by atoms with van der Waals surface area (Å²) in [6.45, 7) is 2.02. The number of hydrogen-bond donors (Lipinski definition) is 1. The van der Waals surface area contributed by atoms with Gasteiger partial charge in [0.2, 0.25) is 5.89 Å². The van der Waals surface area contributed by atoms with Gasteiger partial charge in [-0.1, -0.05) is 11.2 Å². The van der Waals surface area contributed by atoms with Crippen molar-refractivity contribution < 1.29 is 13.3 Å². The molecule has 3 atom stereocenters. The lowest BCUT2D eigenvalue weighted by Crippen LogP contribution is -2.24. The Morgan fingerprint density at radius 3 is 2.64 bits per heavy atom. The van der Waals surface area contributed by atoms with Crippen LogP contribution in [0.15, 0.2) is 22.7 Å². The Balaban J connectivity index is 0.00000176. The van der Waals surface area contributed by atoms with E-state index < -0.39 is 11.6 Å². The molecule has 1 aromatic carbocycles. The highest BCUT2D eigenvalue weighted by molar-refractivity contribution is 5.85. The number of benzene rings is 1. The maximum absolute atomic E-state index is 13.7. The van der Waals surface area contributed by atoms with Crippen molar-refractivity contribution in [1.29, 1.82) is 0 Å². The van der Waals surface area contributed by atoms with Crippen LogP contribution in [0.3, 0.4) is 0 Å². The van der Waals surface area contributed by atoms with Crippen LogP contribution < -0.4 is 5.32 Å². The standard InChI is InChI=1S/C15H17F2N3O.ClH/c1-8(18-2)6-13-19-15(21-20-13)10-7-9(10)14-11(16)4-3-5-12(14)17;/h3-5,8-10,18H,6-7H2,1-2H3;1H. The number of halogens is 3. The molecule has 0 radical (unpaired) electrons. The van der Waals surface area contributed by atoms with E-state index >= 15 is 0 Å². The molecule has 1 aliphatic rings. The third-order valence-electron chi connectivity index (χ3n) is 3.94. The Bertz CT molecular complexity index is 629. The second-order valence-corrected chi connectivity index (χ2v) is 5.53. The average molecular weight is 330 g/mol. The van der Waals surface area contributed by atoms with Gasteiger partial charge in [0.15, 0.2) is 5.82 Å². The fourth-order valence-corrected chi connectivity index (χ4v) is 2.53. The van der Waals surface area contributed by atoms with Gasteiger partial charge in [-0.05, 0) is 32.5 Å². The van der Waals surface area contributed by atoms with Crippen molar-refractivity contribution in [3.8, 4) is 0 Å². The average Bonchev–Trinajstić information content (AvgIpc) is 3.09. The second-order valence-electron chi connectivity index (χ2n) is 5.53. The number of hydrogen-bond acceptors (Lipinski definition) is 4. The zero-order valence-electron chi connectivity index (χ0n) is 12.3. The Labute approximate surface area is 133 Å². The molecular formula is C15H18ClF2N3O. The highest BCUT2D eigenvalue weighted by Crippen LogP contribution is 2.55. The molecular weight excluding hydrogens is 312 g/mol. The maximum Gasteiger partial charge on any atom is 0.230 e. The van der Waals surface area contributed by atoms with Crippen LogP contribution in [0.25, 0.3) is 0 Å². The molecule has 2 aromatic rings. The summed E-state index contributed by atoms with van der Waals surface area (Å²) in [5.41, 5.74) is 0.130. The van der Waals surface area contributed by atoms with E-state index in [1.807, 2.05) is 14.0 Å². The van der Waals surface area contributed by atoms with Crippen molar-refractivity contribution in [2.45, 2.75) is 37.6 Å². The first kappa shape index (κ1) is 16.8. The van der Waals surface area contributed by atoms with Crippen LogP contribution in [0, 0.1) is 11.6 Å². The summed E-state index contributed by atoms with van der Waals surface area (Å²) in [4.78, 5) is 4.33. The normalized spacial score (nSPS) is 21.3. The van der Waals surface area contributed by atoms with E-state index in [4.69, 9.17) is 4.52 Å². The largest absolute Gasteiger partial charge is 0.339 e. The molecule has 1 aromatic heterocycles. The molecule has 1 fully saturated rings. The van der Waals surface area contributed by atoms with E-state index in [-0.39, 0.29) is 35.8 Å². The third-order valence-corrected chi connectivity index (χ3v) is 3.94. The first-order valence-corrected chi connectivity index (χ1v) is 7.03. The summed E-state index contributed by atoms with van der Waals surface area (Å²) in [6.07, 6.45) is 1.30. The molecule has 3 rings (SSSR count). The number of likely N-dealkylation sites (N-methyl/N-ethyl adjacent to an activating group) is 1. The van der Waals surface area contributed by atoms with E-state index in [9.17, 15) is 8.78 Å². The van der Waals surface area contributed by atoms with Crippen LogP contribution in [-0.2, 0) is 6.42 Å². The summed E-state index contributed by atoms with van der Waals surface area (Å²) in [5, 5.41) is 7.02. The van der Waals surface area contributed by atoms with E-state index in [1.165, 1.54) is 18.2 Å². The number of nitrogens with one attached hydrogen (secondary N) is 1. The minimum absolute atomic E-state index is 0. The first-order chi connectivity index (χ1) is 10.1. The van der Waals surface area contributed by atoms with Gasteiger partial charge in [-0.15, -0.1) is 12.4 Å². The monoisotopic (exact) mass is 329 g/mol. The van der Waals surface area contributed by atoms with Gasteiger partial charge < -0.3 is 9.84 Å². The van der Waals surface area contributed by atoms with Gasteiger partial charge in [0.25, 0.3) is 0 Å². The van der Waals surface area contributed by atoms with Gasteiger partial charge in [-0.25, -0.2) is 8.78 Å². The zero-order chi connectivity index (χ0) is 15.0. The maximum atomic E-state index is 13.7. The quantitative estimate of drug-likeness (QED) is 0.915. The van der Waals surface area contributed by atoms with Crippen molar-refractivity contribution in [2.24, 2.45) is 0 Å². The predicted molar refractivity (Wildman–Crippen MR) is 80.2 cm³/mol. The molecule has 0 aliphatic heterocycles. The molecule has 3 unspecified atom stereocenters. The van der Waals surface area contributed by atoms with Gasteiger partial charge in [0.1, 0.15) is 11.6 Å². The topological polar surface area (TPSA) is 51.0 Å². The van der Waals surface area contributed by atoms with Crippen molar-refractivity contribution in [3.63, 3.8) is 0 Å².